The maximum Gasteiger partial charge on any atom is 0.319 e. The average Bonchev–Trinajstić information content (AvgIpc) is 3.44. The third kappa shape index (κ3) is 9.97. The van der Waals surface area contributed by atoms with Gasteiger partial charge in [0.1, 0.15) is 37.0 Å². The lowest BCUT2D eigenvalue weighted by atomic mass is 9.95. The molecule has 4 aromatic rings. The van der Waals surface area contributed by atoms with Crippen molar-refractivity contribution in [3.63, 3.8) is 0 Å². The maximum absolute atomic E-state index is 18.0. The molecule has 2 aliphatic heterocycles. The monoisotopic (exact) mass is 917 g/mol. The molecule has 64 heavy (non-hydrogen) atoms. The number of amides is 1. The Balaban J connectivity index is 1.63. The van der Waals surface area contributed by atoms with Gasteiger partial charge >= 0.3 is 6.01 Å². The first kappa shape index (κ1) is 49.2. The summed E-state index contributed by atoms with van der Waals surface area (Å²) in [5.74, 6) is 2.67. The van der Waals surface area contributed by atoms with E-state index in [1.165, 1.54) is 12.3 Å². The van der Waals surface area contributed by atoms with Gasteiger partial charge in [-0.05, 0) is 101 Å². The number of hydrazine groups is 1. The molecule has 348 valence electrons. The van der Waals surface area contributed by atoms with E-state index < -0.39 is 34.2 Å². The van der Waals surface area contributed by atoms with Crippen LogP contribution < -0.4 is 24.9 Å². The zero-order chi connectivity index (χ0) is 46.7. The molecule has 0 radical (unpaired) electrons. The summed E-state index contributed by atoms with van der Waals surface area (Å²) in [6.45, 7) is 28.2. The molecule has 2 aromatic carbocycles. The number of hydrogen-bond donors (Lipinski definition) is 2. The molecule has 14 heteroatoms. The largest absolute Gasteiger partial charge is 0.543 e. The Labute approximate surface area is 381 Å². The molecule has 0 aliphatic carbocycles. The predicted octanol–water partition coefficient (Wildman–Crippen LogP) is 12.4. The minimum Gasteiger partial charge on any atom is -0.543 e. The number of carbonyl (C=O) groups excluding carboxylic acids is 1. The van der Waals surface area contributed by atoms with Crippen LogP contribution in [0.15, 0.2) is 30.5 Å². The summed E-state index contributed by atoms with van der Waals surface area (Å²) in [4.78, 5) is 27.1. The zero-order valence-corrected chi connectivity index (χ0v) is 42.2. The number of anilines is 1. The highest BCUT2D eigenvalue weighted by Crippen LogP contribution is 2.46. The topological polar surface area (TPSA) is 102 Å². The molecule has 0 spiro atoms. The van der Waals surface area contributed by atoms with Gasteiger partial charge < -0.3 is 14.5 Å². The number of ether oxygens (including phenoxy) is 1. The smallest absolute Gasteiger partial charge is 0.319 e. The second-order valence-electron chi connectivity index (χ2n) is 20.1. The Morgan fingerprint density at radius 3 is 2.23 bits per heavy atom. The first-order chi connectivity index (χ1) is 30.3. The number of alkyl halides is 1. The van der Waals surface area contributed by atoms with E-state index in [2.05, 4.69) is 110 Å². The summed E-state index contributed by atoms with van der Waals surface area (Å²) in [6, 6.07) is 6.82. The van der Waals surface area contributed by atoms with E-state index in [0.29, 0.717) is 77.5 Å². The number of nitrogens with zero attached hydrogens (tertiary/aromatic N) is 4. The second-order valence-corrected chi connectivity index (χ2v) is 31.0. The van der Waals surface area contributed by atoms with E-state index in [-0.39, 0.29) is 75.6 Å². The van der Waals surface area contributed by atoms with E-state index >= 15 is 8.78 Å². The molecule has 6 rings (SSSR count). The van der Waals surface area contributed by atoms with Gasteiger partial charge in [-0.1, -0.05) is 95.1 Å². The Morgan fingerprint density at radius 1 is 0.891 bits per heavy atom. The van der Waals surface area contributed by atoms with Gasteiger partial charge in [0.05, 0.1) is 17.6 Å². The van der Waals surface area contributed by atoms with Gasteiger partial charge in [-0.15, -0.1) is 5.54 Å². The van der Waals surface area contributed by atoms with Gasteiger partial charge in [-0.2, -0.15) is 9.97 Å². The number of carbonyl (C=O) groups is 1. The molecule has 1 amide bonds. The molecule has 2 fully saturated rings. The quantitative estimate of drug-likeness (QED) is 0.101. The SMILES string of the molecule is CC(C)[Si](C#Cc1c(F)ccc2cc(O[Si](C(C)C)(C(C)C)C(C)C)cc(-c3ncc4c(N5CCCCC(=O)N5)nc(OC[C@@H]5CCCNC[C@H](F)C5)nc4c3F)c12)(C(C)C)C(C)C. The van der Waals surface area contributed by atoms with Crippen molar-refractivity contribution in [1.82, 2.24) is 25.7 Å². The van der Waals surface area contributed by atoms with E-state index in [1.54, 1.807) is 11.1 Å². The summed E-state index contributed by atoms with van der Waals surface area (Å²) < 4.78 is 62.8. The minimum atomic E-state index is -2.53. The summed E-state index contributed by atoms with van der Waals surface area (Å²) in [6.07, 6.45) is 4.14. The van der Waals surface area contributed by atoms with E-state index in [0.717, 1.165) is 12.8 Å². The first-order valence-corrected chi connectivity index (χ1v) is 28.1. The van der Waals surface area contributed by atoms with Crippen LogP contribution in [0.5, 0.6) is 11.8 Å². The molecule has 2 N–H and O–H groups in total. The molecule has 0 unspecified atom stereocenters. The summed E-state index contributed by atoms with van der Waals surface area (Å²) >= 11 is 0. The zero-order valence-electron chi connectivity index (χ0n) is 40.2. The number of fused-ring (bicyclic) bond motifs is 2. The fourth-order valence-electron chi connectivity index (χ4n) is 11.1. The number of pyridine rings is 1. The van der Waals surface area contributed by atoms with Crippen LogP contribution >= 0.6 is 0 Å². The molecule has 0 saturated carbocycles. The third-order valence-electron chi connectivity index (χ3n) is 14.1. The molecule has 2 aromatic heterocycles. The molecular formula is C50H71F3N6O3Si2. The number of benzene rings is 2. The van der Waals surface area contributed by atoms with Crippen LogP contribution in [-0.4, -0.2) is 69.7 Å². The highest BCUT2D eigenvalue weighted by molar-refractivity contribution is 6.90. The van der Waals surface area contributed by atoms with Crippen molar-refractivity contribution in [2.75, 3.05) is 31.3 Å². The standard InChI is InChI=1S/C50H71F3N6O3Si2/c1-30(2)63(31(3)4,32(5)6)23-20-40-43(52)19-18-37-25-39(62-64(33(7)8,34(9)10)35(11)12)26-41(45(37)40)47-46(53)48-42(28-55-47)49(59-22-14-13-17-44(60)58-59)57-50(56-48)61-29-36-16-15-21-54-27-38(51)24-36/h18-19,25-26,28,30-36,38,54H,13-17,21-22,24,27,29H2,1-12H3,(H,58,60)/t36-,38-/m1/s1. The molecule has 4 heterocycles. The normalized spacial score (nSPS) is 18.2. The summed E-state index contributed by atoms with van der Waals surface area (Å²) in [5.41, 5.74) is 8.72. The Kier molecular flexibility index (Phi) is 15.8. The fourth-order valence-corrected chi connectivity index (χ4v) is 21.5. The molecule has 2 atom stereocenters. The minimum absolute atomic E-state index is 0.0501. The first-order valence-electron chi connectivity index (χ1n) is 23.7. The van der Waals surface area contributed by atoms with Crippen LogP contribution in [0.3, 0.4) is 0 Å². The van der Waals surface area contributed by atoms with Crippen molar-refractivity contribution in [3.8, 4) is 34.5 Å². The molecular weight excluding hydrogens is 846 g/mol. The van der Waals surface area contributed by atoms with Gasteiger partial charge in [0.2, 0.25) is 5.91 Å². The number of halogens is 3. The third-order valence-corrected chi connectivity index (χ3v) is 26.4. The van der Waals surface area contributed by atoms with Gasteiger partial charge in [-0.25, -0.2) is 13.2 Å². The van der Waals surface area contributed by atoms with Crippen molar-refractivity contribution in [3.05, 3.63) is 47.7 Å². The number of aromatic nitrogens is 3. The molecule has 2 aliphatic rings. The van der Waals surface area contributed by atoms with Crippen LogP contribution in [-0.2, 0) is 4.79 Å². The summed E-state index contributed by atoms with van der Waals surface area (Å²) in [5, 5.41) is 6.13. The van der Waals surface area contributed by atoms with Crippen molar-refractivity contribution in [1.29, 1.82) is 0 Å². The second kappa shape index (κ2) is 20.5. The highest BCUT2D eigenvalue weighted by atomic mass is 28.4. The van der Waals surface area contributed by atoms with Gasteiger partial charge in [0.15, 0.2) is 11.6 Å². The van der Waals surface area contributed by atoms with Crippen molar-refractivity contribution in [2.45, 2.75) is 161 Å². The lowest BCUT2D eigenvalue weighted by Crippen LogP contribution is -2.50. The van der Waals surface area contributed by atoms with Crippen LogP contribution in [0.1, 0.15) is 127 Å². The Bertz CT molecular complexity index is 2320. The maximum atomic E-state index is 18.0. The van der Waals surface area contributed by atoms with E-state index in [9.17, 15) is 9.18 Å². The van der Waals surface area contributed by atoms with Crippen molar-refractivity contribution < 1.29 is 27.1 Å². The highest BCUT2D eigenvalue weighted by Gasteiger charge is 2.47. The average molecular weight is 917 g/mol. The van der Waals surface area contributed by atoms with E-state index in [4.69, 9.17) is 19.1 Å². The number of nitrogens with one attached hydrogen (secondary N) is 2. The van der Waals surface area contributed by atoms with Crippen molar-refractivity contribution >= 4 is 49.8 Å². The van der Waals surface area contributed by atoms with Crippen molar-refractivity contribution in [2.24, 2.45) is 5.92 Å². The lowest BCUT2D eigenvalue weighted by molar-refractivity contribution is -0.121. The molecule has 2 saturated heterocycles. The Morgan fingerprint density at radius 2 is 1.58 bits per heavy atom. The van der Waals surface area contributed by atoms with Gasteiger partial charge in [0.25, 0.3) is 8.32 Å². The van der Waals surface area contributed by atoms with Gasteiger partial charge in [-0.3, -0.25) is 20.2 Å². The van der Waals surface area contributed by atoms with Gasteiger partial charge in [0, 0.05) is 36.7 Å². The Hall–Kier alpha value is -4.20. The van der Waals surface area contributed by atoms with Crippen LogP contribution in [0.25, 0.3) is 32.9 Å². The molecule has 9 nitrogen and oxygen atoms in total. The molecule has 0 bridgehead atoms. The predicted molar refractivity (Wildman–Crippen MR) is 260 cm³/mol. The van der Waals surface area contributed by atoms with E-state index in [1.807, 2.05) is 12.1 Å². The number of hydrogen-bond acceptors (Lipinski definition) is 8. The lowest BCUT2D eigenvalue weighted by Gasteiger charge is -2.42. The summed E-state index contributed by atoms with van der Waals surface area (Å²) in [7, 11) is -4.87. The van der Waals surface area contributed by atoms with Crippen LogP contribution in [0.4, 0.5) is 19.0 Å². The number of rotatable bonds is 13. The van der Waals surface area contributed by atoms with Crippen LogP contribution in [0.2, 0.25) is 33.2 Å². The van der Waals surface area contributed by atoms with Crippen LogP contribution in [0, 0.1) is 29.0 Å². The fraction of sp³-hybridized carbons (Fsp3) is 0.600.